The van der Waals surface area contributed by atoms with Crippen molar-refractivity contribution < 1.29 is 14.3 Å². The second-order valence-corrected chi connectivity index (χ2v) is 7.83. The van der Waals surface area contributed by atoms with Gasteiger partial charge in [0.15, 0.2) is 0 Å². The number of nitrogens with zero attached hydrogens (tertiary/aromatic N) is 3. The largest absolute Gasteiger partial charge is 0.444 e. The smallest absolute Gasteiger partial charge is 0.410 e. The number of anilines is 1. The van der Waals surface area contributed by atoms with Crippen molar-refractivity contribution in [3.63, 3.8) is 0 Å². The number of aromatic nitrogens is 2. The van der Waals surface area contributed by atoms with E-state index in [9.17, 15) is 9.59 Å². The molecule has 0 aliphatic carbocycles. The Morgan fingerprint density at radius 3 is 2.40 bits per heavy atom. The van der Waals surface area contributed by atoms with Crippen LogP contribution in [0.4, 0.5) is 10.5 Å². The predicted octanol–water partition coefficient (Wildman–Crippen LogP) is 2.08. The average Bonchev–Trinajstić information content (AvgIpc) is 2.87. The van der Waals surface area contributed by atoms with Gasteiger partial charge in [0.05, 0.1) is 11.9 Å². The highest BCUT2D eigenvalue weighted by Gasteiger charge is 2.30. The first kappa shape index (κ1) is 20.8. The number of nitrogens with one attached hydrogen (secondary N) is 2. The van der Waals surface area contributed by atoms with E-state index in [-0.39, 0.29) is 24.1 Å². The lowest BCUT2D eigenvalue weighted by Gasteiger charge is -2.36. The number of amides is 2. The quantitative estimate of drug-likeness (QED) is 0.817. The molecule has 8 nitrogen and oxygen atoms in total. The molecule has 2 amide bonds. The molecular weight excluding hydrogens is 322 g/mol. The van der Waals surface area contributed by atoms with Crippen molar-refractivity contribution in [3.05, 3.63) is 12.4 Å². The van der Waals surface area contributed by atoms with E-state index in [4.69, 9.17) is 4.74 Å². The highest BCUT2D eigenvalue weighted by atomic mass is 16.6. The van der Waals surface area contributed by atoms with Gasteiger partial charge in [-0.1, -0.05) is 0 Å². The molecule has 0 aliphatic rings. The van der Waals surface area contributed by atoms with Crippen LogP contribution in [0.1, 0.15) is 41.5 Å². The summed E-state index contributed by atoms with van der Waals surface area (Å²) in [4.78, 5) is 25.5. The van der Waals surface area contributed by atoms with Crippen molar-refractivity contribution >= 4 is 17.7 Å². The monoisotopic (exact) mass is 353 g/mol. The molecular formula is C17H31N5O3. The number of hydrogen-bond donors (Lipinski definition) is 2. The first-order chi connectivity index (χ1) is 11.4. The highest BCUT2D eigenvalue weighted by Crippen LogP contribution is 2.18. The Morgan fingerprint density at radius 2 is 1.88 bits per heavy atom. The molecule has 0 fully saturated rings. The van der Waals surface area contributed by atoms with Crippen LogP contribution in [0.3, 0.4) is 0 Å². The van der Waals surface area contributed by atoms with E-state index >= 15 is 0 Å². The maximum atomic E-state index is 12.4. The fourth-order valence-corrected chi connectivity index (χ4v) is 2.10. The molecule has 25 heavy (non-hydrogen) atoms. The zero-order valence-electron chi connectivity index (χ0n) is 16.3. The minimum absolute atomic E-state index is 0.113. The first-order valence-electron chi connectivity index (χ1n) is 8.40. The van der Waals surface area contributed by atoms with E-state index in [0.29, 0.717) is 13.1 Å². The summed E-state index contributed by atoms with van der Waals surface area (Å²) in [6, 6.07) is 0. The van der Waals surface area contributed by atoms with Gasteiger partial charge in [-0.3, -0.25) is 9.48 Å². The maximum Gasteiger partial charge on any atom is 0.410 e. The third-order valence-electron chi connectivity index (χ3n) is 3.31. The lowest BCUT2D eigenvalue weighted by molar-refractivity contribution is -0.121. The summed E-state index contributed by atoms with van der Waals surface area (Å²) >= 11 is 0. The van der Waals surface area contributed by atoms with Crippen LogP contribution in [-0.4, -0.2) is 58.0 Å². The molecule has 8 heteroatoms. The van der Waals surface area contributed by atoms with Crippen LogP contribution >= 0.6 is 0 Å². The van der Waals surface area contributed by atoms with E-state index in [2.05, 4.69) is 15.7 Å². The summed E-state index contributed by atoms with van der Waals surface area (Å²) < 4.78 is 7.04. The van der Waals surface area contributed by atoms with Crippen molar-refractivity contribution in [2.75, 3.05) is 25.5 Å². The third kappa shape index (κ3) is 7.45. The van der Waals surface area contributed by atoms with E-state index in [1.165, 1.54) is 0 Å². The van der Waals surface area contributed by atoms with Gasteiger partial charge in [0, 0.05) is 31.9 Å². The van der Waals surface area contributed by atoms with Gasteiger partial charge in [-0.2, -0.15) is 5.10 Å². The Hall–Kier alpha value is -2.25. The molecule has 1 aromatic rings. The first-order valence-corrected chi connectivity index (χ1v) is 8.40. The van der Waals surface area contributed by atoms with Crippen LogP contribution in [-0.2, 0) is 16.1 Å². The Balaban J connectivity index is 2.60. The molecule has 1 heterocycles. The van der Waals surface area contributed by atoms with Gasteiger partial charge < -0.3 is 20.3 Å². The van der Waals surface area contributed by atoms with Crippen LogP contribution in [0.2, 0.25) is 0 Å². The molecule has 0 atom stereocenters. The molecule has 0 radical (unpaired) electrons. The topological polar surface area (TPSA) is 88.5 Å². The van der Waals surface area contributed by atoms with E-state index in [1.54, 1.807) is 29.0 Å². The number of rotatable bonds is 6. The molecule has 0 saturated carbocycles. The number of likely N-dealkylation sites (N-methyl/N-ethyl adjacent to an activating group) is 1. The van der Waals surface area contributed by atoms with Crippen LogP contribution in [0.15, 0.2) is 12.4 Å². The summed E-state index contributed by atoms with van der Waals surface area (Å²) in [5.74, 6) is -0.113. The molecule has 1 rings (SSSR count). The third-order valence-corrected chi connectivity index (χ3v) is 3.31. The van der Waals surface area contributed by atoms with Crippen molar-refractivity contribution in [2.45, 2.75) is 59.2 Å². The lowest BCUT2D eigenvalue weighted by atomic mass is 10.1. The van der Waals surface area contributed by atoms with Crippen molar-refractivity contribution in [1.29, 1.82) is 0 Å². The van der Waals surface area contributed by atoms with Crippen LogP contribution in [0.25, 0.3) is 0 Å². The van der Waals surface area contributed by atoms with Gasteiger partial charge in [0.2, 0.25) is 5.91 Å². The normalized spacial score (nSPS) is 11.8. The number of hydrogen-bond acceptors (Lipinski definition) is 5. The molecule has 0 bridgehead atoms. The molecule has 0 aliphatic heterocycles. The minimum atomic E-state index is -0.533. The molecule has 142 valence electrons. The Kier molecular flexibility index (Phi) is 6.84. The van der Waals surface area contributed by atoms with E-state index in [0.717, 1.165) is 5.69 Å². The zero-order valence-corrected chi connectivity index (χ0v) is 16.3. The Labute approximate surface area is 149 Å². The van der Waals surface area contributed by atoms with Crippen LogP contribution in [0.5, 0.6) is 0 Å². The van der Waals surface area contributed by atoms with Gasteiger partial charge >= 0.3 is 6.09 Å². The SMILES string of the molecule is CNC(=O)Cn1cc(NCCN(C(=O)OC(C)(C)C)C(C)(C)C)cn1. The van der Waals surface area contributed by atoms with Gasteiger partial charge in [0.1, 0.15) is 12.1 Å². The van der Waals surface area contributed by atoms with Crippen LogP contribution in [0, 0.1) is 0 Å². The number of carbonyl (C=O) groups excluding carboxylic acids is 2. The molecule has 0 spiro atoms. The van der Waals surface area contributed by atoms with Gasteiger partial charge in [-0.25, -0.2) is 4.79 Å². The predicted molar refractivity (Wildman–Crippen MR) is 97.5 cm³/mol. The van der Waals surface area contributed by atoms with Gasteiger partial charge in [-0.15, -0.1) is 0 Å². The molecule has 0 unspecified atom stereocenters. The fraction of sp³-hybridized carbons (Fsp3) is 0.706. The molecule has 0 aromatic carbocycles. The van der Waals surface area contributed by atoms with E-state index < -0.39 is 5.60 Å². The van der Waals surface area contributed by atoms with E-state index in [1.807, 2.05) is 41.5 Å². The van der Waals surface area contributed by atoms with Crippen LogP contribution < -0.4 is 10.6 Å². The summed E-state index contributed by atoms with van der Waals surface area (Å²) in [6.45, 7) is 12.7. The summed E-state index contributed by atoms with van der Waals surface area (Å²) in [6.07, 6.45) is 3.07. The average molecular weight is 353 g/mol. The van der Waals surface area contributed by atoms with Crippen molar-refractivity contribution in [1.82, 2.24) is 20.0 Å². The van der Waals surface area contributed by atoms with Crippen molar-refractivity contribution in [2.24, 2.45) is 0 Å². The molecule has 2 N–H and O–H groups in total. The van der Waals surface area contributed by atoms with Gasteiger partial charge in [0.25, 0.3) is 0 Å². The Morgan fingerprint density at radius 1 is 1.24 bits per heavy atom. The summed E-state index contributed by atoms with van der Waals surface area (Å²) in [5, 5.41) is 9.88. The van der Waals surface area contributed by atoms with Crippen molar-refractivity contribution in [3.8, 4) is 0 Å². The standard InChI is InChI=1S/C17H31N5O3/c1-16(2,3)22(15(24)25-17(4,5)6)9-8-19-13-10-20-21(11-13)12-14(23)18-7/h10-11,19H,8-9,12H2,1-7H3,(H,18,23). The Bertz CT molecular complexity index is 584. The highest BCUT2D eigenvalue weighted by molar-refractivity contribution is 5.75. The fourth-order valence-electron chi connectivity index (χ4n) is 2.10. The summed E-state index contributed by atoms with van der Waals surface area (Å²) in [7, 11) is 1.59. The molecule has 0 saturated heterocycles. The minimum Gasteiger partial charge on any atom is -0.444 e. The lowest BCUT2D eigenvalue weighted by Crippen LogP contribution is -2.49. The number of carbonyl (C=O) groups is 2. The molecule has 1 aromatic heterocycles. The summed E-state index contributed by atoms with van der Waals surface area (Å²) in [5.41, 5.74) is -0.0930. The second kappa shape index (κ2) is 8.22. The number of ether oxygens (including phenoxy) is 1. The zero-order chi connectivity index (χ0) is 19.3. The second-order valence-electron chi connectivity index (χ2n) is 7.83. The maximum absolute atomic E-state index is 12.4. The van der Waals surface area contributed by atoms with Gasteiger partial charge in [-0.05, 0) is 41.5 Å².